The van der Waals surface area contributed by atoms with Crippen LogP contribution in [0.25, 0.3) is 0 Å². The van der Waals surface area contributed by atoms with Crippen molar-refractivity contribution in [2.45, 2.75) is 64.7 Å². The number of carbonyl (C=O) groups is 1. The van der Waals surface area contributed by atoms with Gasteiger partial charge in [-0.15, -0.1) is 0 Å². The van der Waals surface area contributed by atoms with Gasteiger partial charge in [-0.2, -0.15) is 0 Å². The van der Waals surface area contributed by atoms with Crippen LogP contribution >= 0.6 is 0 Å². The average molecular weight is 284 g/mol. The van der Waals surface area contributed by atoms with Crippen LogP contribution in [0.1, 0.15) is 64.7 Å². The number of hydrogen-bond acceptors (Lipinski definition) is 3. The third-order valence-corrected chi connectivity index (χ3v) is 3.87. The van der Waals surface area contributed by atoms with Gasteiger partial charge in [-0.25, -0.2) is 9.79 Å². The van der Waals surface area contributed by atoms with Gasteiger partial charge in [0.25, 0.3) is 0 Å². The number of amidine groups is 1. The molecule has 1 atom stereocenters. The Bertz CT molecular complexity index is 331. The van der Waals surface area contributed by atoms with Crippen LogP contribution in [-0.2, 0) is 4.79 Å². The standard InChI is InChI=1S/C15H28N2O3/c1-2-3-4-5-6-7-8-9-10-14-16-11-12-17(14,20)13-15(18)19/h2-13H2,1H3,(H,18,19). The fraction of sp³-hybridized carbons (Fsp3) is 0.867. The van der Waals surface area contributed by atoms with Crippen LogP contribution in [0, 0.1) is 5.21 Å². The van der Waals surface area contributed by atoms with E-state index in [9.17, 15) is 10.0 Å². The number of carboxylic acids is 1. The Morgan fingerprint density at radius 1 is 1.20 bits per heavy atom. The zero-order valence-electron chi connectivity index (χ0n) is 12.6. The molecular weight excluding hydrogens is 256 g/mol. The maximum absolute atomic E-state index is 12.3. The Balaban J connectivity index is 2.13. The lowest BCUT2D eigenvalue weighted by molar-refractivity contribution is -0.775. The molecule has 20 heavy (non-hydrogen) atoms. The minimum absolute atomic E-state index is 0.290. The van der Waals surface area contributed by atoms with Crippen LogP contribution < -0.4 is 0 Å². The number of carboxylic acid groups (broad SMARTS) is 1. The summed E-state index contributed by atoms with van der Waals surface area (Å²) in [6.45, 7) is 2.60. The van der Waals surface area contributed by atoms with Gasteiger partial charge in [-0.1, -0.05) is 51.9 Å². The normalized spacial score (nSPS) is 22.0. The fourth-order valence-electron chi connectivity index (χ4n) is 2.69. The quantitative estimate of drug-likeness (QED) is 0.359. The fourth-order valence-corrected chi connectivity index (χ4v) is 2.69. The summed E-state index contributed by atoms with van der Waals surface area (Å²) in [5.41, 5.74) is 0. The van der Waals surface area contributed by atoms with Gasteiger partial charge in [0, 0.05) is 6.42 Å². The minimum atomic E-state index is -1.04. The Morgan fingerprint density at radius 2 is 1.80 bits per heavy atom. The lowest BCUT2D eigenvalue weighted by Gasteiger charge is -2.37. The highest BCUT2D eigenvalue weighted by molar-refractivity contribution is 5.80. The van der Waals surface area contributed by atoms with Gasteiger partial charge in [-0.3, -0.25) is 0 Å². The van der Waals surface area contributed by atoms with Crippen molar-refractivity contribution in [1.29, 1.82) is 0 Å². The van der Waals surface area contributed by atoms with E-state index in [-0.39, 0.29) is 6.54 Å². The second-order valence-electron chi connectivity index (χ2n) is 5.69. The molecule has 0 bridgehead atoms. The molecule has 0 aliphatic carbocycles. The van der Waals surface area contributed by atoms with Crippen molar-refractivity contribution in [2.75, 3.05) is 19.6 Å². The zero-order chi connectivity index (χ0) is 14.8. The lowest BCUT2D eigenvalue weighted by atomic mass is 10.1. The lowest BCUT2D eigenvalue weighted by Crippen LogP contribution is -2.48. The minimum Gasteiger partial charge on any atom is -0.626 e. The Morgan fingerprint density at radius 3 is 2.40 bits per heavy atom. The Kier molecular flexibility index (Phi) is 7.77. The van der Waals surface area contributed by atoms with E-state index >= 15 is 0 Å². The Hall–Kier alpha value is -0.940. The van der Waals surface area contributed by atoms with E-state index < -0.39 is 10.6 Å². The highest BCUT2D eigenvalue weighted by Gasteiger charge is 2.31. The molecule has 0 aromatic carbocycles. The first kappa shape index (κ1) is 17.1. The van der Waals surface area contributed by atoms with E-state index in [0.29, 0.717) is 25.3 Å². The van der Waals surface area contributed by atoms with Crippen molar-refractivity contribution < 1.29 is 14.5 Å². The second kappa shape index (κ2) is 9.08. The summed E-state index contributed by atoms with van der Waals surface area (Å²) in [6.07, 6.45) is 10.4. The van der Waals surface area contributed by atoms with Crippen molar-refractivity contribution >= 4 is 11.8 Å². The first-order valence-corrected chi connectivity index (χ1v) is 7.92. The third kappa shape index (κ3) is 6.01. The molecule has 1 heterocycles. The molecule has 1 N–H and O–H groups in total. The van der Waals surface area contributed by atoms with Crippen molar-refractivity contribution in [3.8, 4) is 0 Å². The second-order valence-corrected chi connectivity index (χ2v) is 5.69. The number of unbranched alkanes of at least 4 members (excludes halogenated alkanes) is 7. The van der Waals surface area contributed by atoms with Gasteiger partial charge >= 0.3 is 5.97 Å². The number of nitrogens with zero attached hydrogens (tertiary/aromatic N) is 2. The highest BCUT2D eigenvalue weighted by atomic mass is 16.6. The summed E-state index contributed by atoms with van der Waals surface area (Å²) < 4.78 is -0.730. The van der Waals surface area contributed by atoms with E-state index in [1.807, 2.05) is 0 Å². The number of hydrogen-bond donors (Lipinski definition) is 1. The molecule has 0 radical (unpaired) electrons. The third-order valence-electron chi connectivity index (χ3n) is 3.87. The number of hydroxylamine groups is 3. The zero-order valence-corrected chi connectivity index (χ0v) is 12.6. The molecule has 0 spiro atoms. The van der Waals surface area contributed by atoms with Crippen molar-refractivity contribution in [2.24, 2.45) is 4.99 Å². The number of quaternary nitrogens is 1. The van der Waals surface area contributed by atoms with E-state index in [2.05, 4.69) is 11.9 Å². The van der Waals surface area contributed by atoms with Crippen molar-refractivity contribution in [3.63, 3.8) is 0 Å². The predicted molar refractivity (Wildman–Crippen MR) is 80.5 cm³/mol. The van der Waals surface area contributed by atoms with Crippen LogP contribution in [0.3, 0.4) is 0 Å². The van der Waals surface area contributed by atoms with Crippen LogP contribution in [0.5, 0.6) is 0 Å². The van der Waals surface area contributed by atoms with E-state index in [1.165, 1.54) is 38.5 Å². The molecule has 0 aromatic heterocycles. The van der Waals surface area contributed by atoms with Gasteiger partial charge in [0.15, 0.2) is 12.4 Å². The summed E-state index contributed by atoms with van der Waals surface area (Å²) in [4.78, 5) is 15.0. The first-order chi connectivity index (χ1) is 9.58. The topological polar surface area (TPSA) is 72.7 Å². The molecule has 1 aliphatic heterocycles. The summed E-state index contributed by atoms with van der Waals surface area (Å²) in [5, 5.41) is 21.1. The van der Waals surface area contributed by atoms with Crippen LogP contribution in [0.4, 0.5) is 0 Å². The summed E-state index contributed by atoms with van der Waals surface area (Å²) >= 11 is 0. The molecular formula is C15H28N2O3. The maximum atomic E-state index is 12.3. The van der Waals surface area contributed by atoms with Crippen LogP contribution in [0.2, 0.25) is 0 Å². The SMILES string of the molecule is CCCCCCCCCCC1=NCC[N+]1([O-])CC(=O)O. The molecule has 5 heteroatoms. The van der Waals surface area contributed by atoms with Gasteiger partial charge < -0.3 is 15.0 Å². The number of aliphatic carboxylic acids is 1. The highest BCUT2D eigenvalue weighted by Crippen LogP contribution is 2.18. The van der Waals surface area contributed by atoms with Gasteiger partial charge in [0.05, 0.1) is 6.54 Å². The molecule has 1 rings (SSSR count). The van der Waals surface area contributed by atoms with Gasteiger partial charge in [0.1, 0.15) is 6.54 Å². The number of rotatable bonds is 11. The van der Waals surface area contributed by atoms with Crippen LogP contribution in [0.15, 0.2) is 4.99 Å². The maximum Gasteiger partial charge on any atom is 0.360 e. The molecule has 0 saturated carbocycles. The molecule has 0 amide bonds. The summed E-state index contributed by atoms with van der Waals surface area (Å²) in [6, 6.07) is 0. The van der Waals surface area contributed by atoms with Gasteiger partial charge in [-0.05, 0) is 6.42 Å². The monoisotopic (exact) mass is 284 g/mol. The predicted octanol–water partition coefficient (Wildman–Crippen LogP) is 3.33. The van der Waals surface area contributed by atoms with E-state index in [1.54, 1.807) is 0 Å². The molecule has 1 aliphatic rings. The smallest absolute Gasteiger partial charge is 0.360 e. The van der Waals surface area contributed by atoms with Crippen molar-refractivity contribution in [3.05, 3.63) is 5.21 Å². The number of aliphatic imine (C=N–C) groups is 1. The van der Waals surface area contributed by atoms with Crippen LogP contribution in [-0.4, -0.2) is 41.2 Å². The molecule has 0 saturated heterocycles. The summed E-state index contributed by atoms with van der Waals surface area (Å²) in [5.74, 6) is -0.496. The first-order valence-electron chi connectivity index (χ1n) is 7.92. The van der Waals surface area contributed by atoms with E-state index in [0.717, 1.165) is 12.8 Å². The molecule has 1 unspecified atom stereocenters. The van der Waals surface area contributed by atoms with Gasteiger partial charge in [0.2, 0.25) is 0 Å². The molecule has 0 aromatic rings. The van der Waals surface area contributed by atoms with Crippen molar-refractivity contribution in [1.82, 2.24) is 0 Å². The largest absolute Gasteiger partial charge is 0.626 e. The molecule has 116 valence electrons. The summed E-state index contributed by atoms with van der Waals surface area (Å²) in [7, 11) is 0. The molecule has 5 nitrogen and oxygen atoms in total. The Labute approximate surface area is 121 Å². The average Bonchev–Trinajstić information content (AvgIpc) is 2.72. The van der Waals surface area contributed by atoms with E-state index in [4.69, 9.17) is 5.11 Å². The molecule has 0 fully saturated rings.